The predicted octanol–water partition coefficient (Wildman–Crippen LogP) is 3.10. The van der Waals surface area contributed by atoms with Gasteiger partial charge < -0.3 is 9.72 Å². The number of aromatic amines is 1. The second-order valence-electron chi connectivity index (χ2n) is 3.37. The van der Waals surface area contributed by atoms with E-state index < -0.39 is 5.97 Å². The summed E-state index contributed by atoms with van der Waals surface area (Å²) in [5.41, 5.74) is 1.61. The summed E-state index contributed by atoms with van der Waals surface area (Å²) < 4.78 is 5.38. The highest BCUT2D eigenvalue weighted by atomic mass is 32.1. The number of thiophene rings is 1. The molecule has 0 aromatic carbocycles. The van der Waals surface area contributed by atoms with Gasteiger partial charge in [-0.05, 0) is 24.8 Å². The maximum absolute atomic E-state index is 11.9. The van der Waals surface area contributed by atoms with Crippen LogP contribution >= 0.6 is 11.3 Å². The van der Waals surface area contributed by atoms with Gasteiger partial charge in [0, 0.05) is 6.20 Å². The van der Waals surface area contributed by atoms with Crippen molar-refractivity contribution in [3.63, 3.8) is 0 Å². The van der Waals surface area contributed by atoms with Gasteiger partial charge in [-0.15, -0.1) is 11.3 Å². The minimum Gasteiger partial charge on any atom is -0.462 e. The molecule has 0 bridgehead atoms. The van der Waals surface area contributed by atoms with Crippen molar-refractivity contribution in [1.82, 2.24) is 4.98 Å². The van der Waals surface area contributed by atoms with Gasteiger partial charge in [0.1, 0.15) is 5.56 Å². The Balaban J connectivity index is 0.000000771. The summed E-state index contributed by atoms with van der Waals surface area (Å²) in [5, 5.41) is 1.89. The largest absolute Gasteiger partial charge is 0.462 e. The number of aryl methyl sites for hydroxylation is 1. The van der Waals surface area contributed by atoms with Crippen LogP contribution in [-0.2, 0) is 4.74 Å². The predicted molar refractivity (Wildman–Crippen MR) is 74.5 cm³/mol. The summed E-state index contributed by atoms with van der Waals surface area (Å²) >= 11 is 1.34. The maximum atomic E-state index is 11.9. The van der Waals surface area contributed by atoms with E-state index in [0.717, 1.165) is 11.1 Å². The van der Waals surface area contributed by atoms with Gasteiger partial charge in [-0.1, -0.05) is 13.8 Å². The molecule has 5 heteroatoms. The molecule has 0 atom stereocenters. The summed E-state index contributed by atoms with van der Waals surface area (Å²) in [6.45, 7) is 7.89. The summed E-state index contributed by atoms with van der Waals surface area (Å²) in [6.07, 6.45) is 1.42. The van der Waals surface area contributed by atoms with E-state index in [1.807, 2.05) is 26.2 Å². The molecule has 0 saturated carbocycles. The number of H-pyrrole nitrogens is 1. The van der Waals surface area contributed by atoms with Crippen LogP contribution in [0.15, 0.2) is 16.4 Å². The molecule has 0 fully saturated rings. The third kappa shape index (κ3) is 2.61. The molecule has 0 aliphatic rings. The standard InChI is InChI=1S/C11H11NO3S.C2H6/c1-3-15-11(14)7-4-12-8-6(2)5-16-10(8)9(7)13;1-2/h4-5H,3H2,1-2H3,(H,12,13);1-2H3. The molecule has 0 amide bonds. The highest BCUT2D eigenvalue weighted by molar-refractivity contribution is 7.17. The second-order valence-corrected chi connectivity index (χ2v) is 4.25. The molecule has 2 aromatic rings. The van der Waals surface area contributed by atoms with Crippen LogP contribution in [0.5, 0.6) is 0 Å². The second kappa shape index (κ2) is 6.35. The Kier molecular flexibility index (Phi) is 5.09. The number of nitrogens with one attached hydrogen (secondary N) is 1. The Morgan fingerprint density at radius 2 is 2.11 bits per heavy atom. The first-order valence-corrected chi connectivity index (χ1v) is 6.79. The Morgan fingerprint density at radius 3 is 2.72 bits per heavy atom. The average molecular weight is 267 g/mol. The number of esters is 1. The highest BCUT2D eigenvalue weighted by Crippen LogP contribution is 2.20. The molecule has 0 aliphatic heterocycles. The Morgan fingerprint density at radius 1 is 1.44 bits per heavy atom. The fourth-order valence-electron chi connectivity index (χ4n) is 1.48. The number of fused-ring (bicyclic) bond motifs is 1. The fraction of sp³-hybridized carbons (Fsp3) is 0.385. The minimum atomic E-state index is -0.572. The van der Waals surface area contributed by atoms with E-state index >= 15 is 0 Å². The smallest absolute Gasteiger partial charge is 0.343 e. The topological polar surface area (TPSA) is 59.2 Å². The summed E-state index contributed by atoms with van der Waals surface area (Å²) in [4.78, 5) is 26.4. The number of rotatable bonds is 2. The zero-order valence-electron chi connectivity index (χ0n) is 11.0. The lowest BCUT2D eigenvalue weighted by Gasteiger charge is -2.01. The normalized spacial score (nSPS) is 9.78. The number of carbonyl (C=O) groups excluding carboxylic acids is 1. The van der Waals surface area contributed by atoms with Gasteiger partial charge in [0.2, 0.25) is 5.43 Å². The van der Waals surface area contributed by atoms with Crippen molar-refractivity contribution in [3.05, 3.63) is 32.9 Å². The van der Waals surface area contributed by atoms with Gasteiger partial charge in [-0.3, -0.25) is 4.79 Å². The first-order valence-electron chi connectivity index (χ1n) is 5.91. The van der Waals surface area contributed by atoms with E-state index in [1.165, 1.54) is 17.5 Å². The number of hydrogen-bond donors (Lipinski definition) is 1. The number of carbonyl (C=O) groups is 1. The number of ether oxygens (including phenoxy) is 1. The van der Waals surface area contributed by atoms with Gasteiger partial charge in [0.25, 0.3) is 0 Å². The lowest BCUT2D eigenvalue weighted by molar-refractivity contribution is 0.0524. The Hall–Kier alpha value is -1.62. The van der Waals surface area contributed by atoms with Crippen molar-refractivity contribution in [1.29, 1.82) is 0 Å². The van der Waals surface area contributed by atoms with Gasteiger partial charge in [-0.2, -0.15) is 0 Å². The molecule has 0 saturated heterocycles. The van der Waals surface area contributed by atoms with E-state index in [2.05, 4.69) is 4.98 Å². The zero-order chi connectivity index (χ0) is 13.7. The van der Waals surface area contributed by atoms with Crippen LogP contribution < -0.4 is 5.43 Å². The van der Waals surface area contributed by atoms with Gasteiger partial charge in [0.05, 0.1) is 16.8 Å². The number of hydrogen-bond acceptors (Lipinski definition) is 4. The lowest BCUT2D eigenvalue weighted by atomic mass is 10.2. The molecule has 18 heavy (non-hydrogen) atoms. The molecule has 98 valence electrons. The van der Waals surface area contributed by atoms with Crippen molar-refractivity contribution in [2.75, 3.05) is 6.61 Å². The fourth-order valence-corrected chi connectivity index (χ4v) is 2.45. The quantitative estimate of drug-likeness (QED) is 0.850. The number of aromatic nitrogens is 1. The maximum Gasteiger partial charge on any atom is 0.343 e. The van der Waals surface area contributed by atoms with Gasteiger partial charge in [0.15, 0.2) is 0 Å². The molecule has 2 heterocycles. The molecule has 0 spiro atoms. The van der Waals surface area contributed by atoms with E-state index in [9.17, 15) is 9.59 Å². The van der Waals surface area contributed by atoms with Crippen molar-refractivity contribution >= 4 is 27.5 Å². The number of pyridine rings is 1. The SMILES string of the molecule is CC.CCOC(=O)c1c[nH]c2c(C)csc2c1=O. The molecule has 0 aliphatic carbocycles. The van der Waals surface area contributed by atoms with Crippen LogP contribution in [0.2, 0.25) is 0 Å². The molecule has 0 radical (unpaired) electrons. The van der Waals surface area contributed by atoms with Crippen LogP contribution in [0.3, 0.4) is 0 Å². The summed E-state index contributed by atoms with van der Waals surface area (Å²) in [7, 11) is 0. The van der Waals surface area contributed by atoms with E-state index in [0.29, 0.717) is 4.70 Å². The first kappa shape index (κ1) is 14.4. The van der Waals surface area contributed by atoms with E-state index in [4.69, 9.17) is 4.74 Å². The third-order valence-corrected chi connectivity index (χ3v) is 3.38. The monoisotopic (exact) mass is 267 g/mol. The molecular weight excluding hydrogens is 250 g/mol. The van der Waals surface area contributed by atoms with Crippen LogP contribution in [-0.4, -0.2) is 17.6 Å². The van der Waals surface area contributed by atoms with Crippen molar-refractivity contribution in [2.45, 2.75) is 27.7 Å². The Labute approximate surface area is 110 Å². The van der Waals surface area contributed by atoms with Crippen LogP contribution in [0.25, 0.3) is 10.2 Å². The van der Waals surface area contributed by atoms with E-state index in [-0.39, 0.29) is 17.6 Å². The average Bonchev–Trinajstić information content (AvgIpc) is 2.75. The molecule has 2 rings (SSSR count). The highest BCUT2D eigenvalue weighted by Gasteiger charge is 2.15. The molecule has 2 aromatic heterocycles. The van der Waals surface area contributed by atoms with Gasteiger partial charge in [-0.25, -0.2) is 4.79 Å². The van der Waals surface area contributed by atoms with Crippen molar-refractivity contribution < 1.29 is 9.53 Å². The summed E-state index contributed by atoms with van der Waals surface area (Å²) in [6, 6.07) is 0. The third-order valence-electron chi connectivity index (χ3n) is 2.28. The molecular formula is C13H17NO3S. The summed E-state index contributed by atoms with van der Waals surface area (Å²) in [5.74, 6) is -0.572. The molecule has 0 unspecified atom stereocenters. The molecule has 1 N–H and O–H groups in total. The van der Waals surface area contributed by atoms with Crippen LogP contribution in [0.1, 0.15) is 36.7 Å². The minimum absolute atomic E-state index is 0.0659. The van der Waals surface area contributed by atoms with Crippen LogP contribution in [0, 0.1) is 6.92 Å². The Bertz CT molecular complexity index is 598. The zero-order valence-corrected chi connectivity index (χ0v) is 11.8. The van der Waals surface area contributed by atoms with Crippen molar-refractivity contribution in [3.8, 4) is 0 Å². The first-order chi connectivity index (χ1) is 8.65. The van der Waals surface area contributed by atoms with Gasteiger partial charge >= 0.3 is 5.97 Å². The molecule has 4 nitrogen and oxygen atoms in total. The van der Waals surface area contributed by atoms with Crippen molar-refractivity contribution in [2.24, 2.45) is 0 Å². The van der Waals surface area contributed by atoms with Crippen LogP contribution in [0.4, 0.5) is 0 Å². The van der Waals surface area contributed by atoms with E-state index in [1.54, 1.807) is 6.92 Å². The lowest BCUT2D eigenvalue weighted by Crippen LogP contribution is -2.17.